The van der Waals surface area contributed by atoms with Gasteiger partial charge in [-0.25, -0.2) is 13.8 Å². The van der Waals surface area contributed by atoms with Crippen LogP contribution in [0.2, 0.25) is 0 Å². The molecule has 0 aliphatic heterocycles. The molecular formula is C19H16F2N6O. The zero-order valence-corrected chi connectivity index (χ0v) is 14.8. The van der Waals surface area contributed by atoms with E-state index in [-0.39, 0.29) is 18.0 Å². The fraction of sp³-hybridized carbons (Fsp3) is 0.211. The van der Waals surface area contributed by atoms with Crippen LogP contribution in [0.5, 0.6) is 0 Å². The lowest BCUT2D eigenvalue weighted by Crippen LogP contribution is -2.15. The minimum atomic E-state index is -1.07. The Morgan fingerprint density at radius 2 is 2.18 bits per heavy atom. The largest absolute Gasteiger partial charge is 0.395 e. The van der Waals surface area contributed by atoms with Gasteiger partial charge in [-0.2, -0.15) is 5.10 Å². The maximum atomic E-state index is 14.6. The van der Waals surface area contributed by atoms with Crippen LogP contribution >= 0.6 is 0 Å². The summed E-state index contributed by atoms with van der Waals surface area (Å²) in [7, 11) is 0. The molecule has 3 heterocycles. The summed E-state index contributed by atoms with van der Waals surface area (Å²) in [5, 5.41) is 10.1. The molecule has 0 unspecified atom stereocenters. The number of aromatic amines is 1. The van der Waals surface area contributed by atoms with Crippen LogP contribution in [0.3, 0.4) is 0 Å². The Kier molecular flexibility index (Phi) is 3.42. The molecule has 4 N–H and O–H groups in total. The van der Waals surface area contributed by atoms with Crippen molar-refractivity contribution in [2.75, 3.05) is 11.1 Å². The van der Waals surface area contributed by atoms with Gasteiger partial charge in [0.05, 0.1) is 29.5 Å². The van der Waals surface area contributed by atoms with Crippen molar-refractivity contribution in [3.8, 4) is 11.1 Å². The van der Waals surface area contributed by atoms with Gasteiger partial charge in [0.15, 0.2) is 11.6 Å². The molecule has 1 saturated carbocycles. The number of benzene rings is 1. The Balaban J connectivity index is 1.58. The zero-order chi connectivity index (χ0) is 19.6. The smallest absolute Gasteiger partial charge is 0.231 e. The van der Waals surface area contributed by atoms with Gasteiger partial charge in [0.25, 0.3) is 0 Å². The number of fused-ring (bicyclic) bond motifs is 2. The Morgan fingerprint density at radius 3 is 2.93 bits per heavy atom. The summed E-state index contributed by atoms with van der Waals surface area (Å²) in [5.74, 6) is -1.10. The van der Waals surface area contributed by atoms with Crippen molar-refractivity contribution < 1.29 is 13.6 Å². The molecule has 1 fully saturated rings. The zero-order valence-electron chi connectivity index (χ0n) is 14.8. The highest BCUT2D eigenvalue weighted by atomic mass is 19.1. The van der Waals surface area contributed by atoms with Crippen molar-refractivity contribution in [2.45, 2.75) is 19.5 Å². The summed E-state index contributed by atoms with van der Waals surface area (Å²) in [5.41, 5.74) is 8.79. The fourth-order valence-corrected chi connectivity index (χ4v) is 3.53. The van der Waals surface area contributed by atoms with E-state index in [1.807, 2.05) is 6.07 Å². The average molecular weight is 382 g/mol. The maximum absolute atomic E-state index is 14.6. The highest BCUT2D eigenvalue weighted by Gasteiger charge is 2.43. The lowest BCUT2D eigenvalue weighted by molar-refractivity contribution is -0.117. The molecule has 0 bridgehead atoms. The molecule has 1 aliphatic rings. The van der Waals surface area contributed by atoms with Crippen molar-refractivity contribution in [1.29, 1.82) is 0 Å². The van der Waals surface area contributed by atoms with E-state index in [0.717, 1.165) is 5.56 Å². The minimum Gasteiger partial charge on any atom is -0.395 e. The summed E-state index contributed by atoms with van der Waals surface area (Å²) in [4.78, 5) is 16.2. The van der Waals surface area contributed by atoms with Crippen molar-refractivity contribution in [1.82, 2.24) is 19.6 Å². The molecule has 0 radical (unpaired) electrons. The first-order chi connectivity index (χ1) is 13.4. The second kappa shape index (κ2) is 5.75. The van der Waals surface area contributed by atoms with E-state index >= 15 is 0 Å². The molecule has 4 aromatic rings. The van der Waals surface area contributed by atoms with Gasteiger partial charge in [-0.1, -0.05) is 0 Å². The first-order valence-electron chi connectivity index (χ1n) is 8.78. The number of nitrogens with two attached hydrogens (primary N) is 1. The molecule has 1 aromatic carbocycles. The van der Waals surface area contributed by atoms with E-state index < -0.39 is 17.9 Å². The lowest BCUT2D eigenvalue weighted by Gasteiger charge is -2.11. The number of rotatable bonds is 3. The number of anilines is 2. The number of carbonyl (C=O) groups is 1. The van der Waals surface area contributed by atoms with Crippen molar-refractivity contribution in [3.05, 3.63) is 42.1 Å². The normalized spacial score (nSPS) is 18.7. The van der Waals surface area contributed by atoms with Gasteiger partial charge in [-0.15, -0.1) is 0 Å². The van der Waals surface area contributed by atoms with Crippen LogP contribution in [0.15, 0.2) is 30.7 Å². The van der Waals surface area contributed by atoms with E-state index in [9.17, 15) is 13.6 Å². The Hall–Kier alpha value is -3.49. The number of halogens is 2. The van der Waals surface area contributed by atoms with Gasteiger partial charge < -0.3 is 15.5 Å². The number of nitrogens with zero attached hydrogens (tertiary/aromatic N) is 3. The summed E-state index contributed by atoms with van der Waals surface area (Å²) in [6.45, 7) is 1.67. The molecule has 3 aromatic heterocycles. The van der Waals surface area contributed by atoms with Crippen LogP contribution in [0.1, 0.15) is 12.0 Å². The maximum Gasteiger partial charge on any atom is 0.231 e. The number of amides is 1. The molecule has 28 heavy (non-hydrogen) atoms. The number of H-pyrrole nitrogens is 1. The Morgan fingerprint density at radius 1 is 1.39 bits per heavy atom. The monoisotopic (exact) mass is 382 g/mol. The molecule has 5 rings (SSSR count). The number of alkyl halides is 1. The topological polar surface area (TPSA) is 101 Å². The predicted octanol–water partition coefficient (Wildman–Crippen LogP) is 3.20. The molecule has 2 atom stereocenters. The first-order valence-corrected chi connectivity index (χ1v) is 8.78. The van der Waals surface area contributed by atoms with Crippen LogP contribution in [0.4, 0.5) is 20.3 Å². The van der Waals surface area contributed by atoms with Crippen LogP contribution in [0.25, 0.3) is 27.7 Å². The summed E-state index contributed by atoms with van der Waals surface area (Å²) >= 11 is 0. The van der Waals surface area contributed by atoms with Gasteiger partial charge in [0.1, 0.15) is 11.8 Å². The molecule has 0 spiro atoms. The first kappa shape index (κ1) is 16.7. The van der Waals surface area contributed by atoms with Gasteiger partial charge in [0.2, 0.25) is 5.91 Å². The Labute approximate surface area is 157 Å². The van der Waals surface area contributed by atoms with Crippen molar-refractivity contribution in [3.63, 3.8) is 0 Å². The summed E-state index contributed by atoms with van der Waals surface area (Å²) < 4.78 is 29.4. The van der Waals surface area contributed by atoms with Crippen molar-refractivity contribution in [2.24, 2.45) is 5.92 Å². The van der Waals surface area contributed by atoms with Gasteiger partial charge in [0, 0.05) is 17.1 Å². The van der Waals surface area contributed by atoms with E-state index in [1.165, 1.54) is 0 Å². The number of nitrogens with one attached hydrogen (secondary N) is 2. The number of pyridine rings is 1. The average Bonchev–Trinajstić information content (AvgIpc) is 3.06. The van der Waals surface area contributed by atoms with Crippen LogP contribution < -0.4 is 11.1 Å². The minimum absolute atomic E-state index is 0.0358. The number of aromatic nitrogens is 4. The summed E-state index contributed by atoms with van der Waals surface area (Å²) in [6, 6.07) is 3.58. The van der Waals surface area contributed by atoms with Gasteiger partial charge >= 0.3 is 0 Å². The molecule has 7 nitrogen and oxygen atoms in total. The highest BCUT2D eigenvalue weighted by molar-refractivity contribution is 6.02. The van der Waals surface area contributed by atoms with Gasteiger partial charge in [-0.3, -0.25) is 9.89 Å². The second-order valence-electron chi connectivity index (χ2n) is 7.04. The lowest BCUT2D eigenvalue weighted by atomic mass is 9.96. The molecule has 9 heteroatoms. The van der Waals surface area contributed by atoms with Crippen LogP contribution in [-0.2, 0) is 4.79 Å². The van der Waals surface area contributed by atoms with Crippen molar-refractivity contribution >= 4 is 34.0 Å². The van der Waals surface area contributed by atoms with E-state index in [2.05, 4.69) is 20.5 Å². The third-order valence-corrected chi connectivity index (χ3v) is 5.16. The number of nitrogen functional groups attached to an aromatic ring is 1. The molecule has 1 amide bonds. The quantitative estimate of drug-likeness (QED) is 0.474. The number of imidazole rings is 1. The van der Waals surface area contributed by atoms with Crippen LogP contribution in [-0.4, -0.2) is 31.7 Å². The van der Waals surface area contributed by atoms with Crippen LogP contribution in [0, 0.1) is 18.7 Å². The molecule has 1 aliphatic carbocycles. The Bertz CT molecular complexity index is 1260. The standard InChI is InChI=1S/C19H16F2N6O/c1-8-15(11-5-23-26-18(11)17(22)16(8)21)9-2-3-14-24-13(7-27(14)6-9)25-19(28)10-4-12(10)20/h2-3,5-7,10,12H,4,22H2,1H3,(H,23,26)(H,25,28)/t10-,12+/m1/s1. The third-order valence-electron chi connectivity index (χ3n) is 5.16. The third kappa shape index (κ3) is 2.43. The van der Waals surface area contributed by atoms with E-state index in [0.29, 0.717) is 33.5 Å². The second-order valence-corrected chi connectivity index (χ2v) is 7.04. The molecule has 142 valence electrons. The fourth-order valence-electron chi connectivity index (χ4n) is 3.53. The van der Waals surface area contributed by atoms with E-state index in [1.54, 1.807) is 36.0 Å². The molecule has 0 saturated heterocycles. The summed E-state index contributed by atoms with van der Waals surface area (Å²) in [6.07, 6.45) is 4.23. The SMILES string of the molecule is Cc1c(F)c(N)c2[nH]ncc2c1-c1ccc2nc(NC(=O)[C@@H]3C[C@@H]3F)cn2c1. The number of carbonyl (C=O) groups excluding carboxylic acids is 1. The van der Waals surface area contributed by atoms with E-state index in [4.69, 9.17) is 5.73 Å². The molecular weight excluding hydrogens is 366 g/mol. The van der Waals surface area contributed by atoms with Gasteiger partial charge in [-0.05, 0) is 36.6 Å². The number of hydrogen-bond acceptors (Lipinski definition) is 4. The number of hydrogen-bond donors (Lipinski definition) is 3. The highest BCUT2D eigenvalue weighted by Crippen LogP contribution is 2.37. The predicted molar refractivity (Wildman–Crippen MR) is 101 cm³/mol.